The van der Waals surface area contributed by atoms with Gasteiger partial charge >= 0.3 is 0 Å². The number of anilines is 1. The van der Waals surface area contributed by atoms with Crippen LogP contribution in [0.15, 0.2) is 73.1 Å². The molecule has 1 N–H and O–H groups in total. The van der Waals surface area contributed by atoms with Gasteiger partial charge in [0, 0.05) is 57.2 Å². The van der Waals surface area contributed by atoms with Crippen LogP contribution in [0.5, 0.6) is 5.75 Å². The lowest BCUT2D eigenvalue weighted by Crippen LogP contribution is -2.41. The number of benzene rings is 2. The van der Waals surface area contributed by atoms with E-state index in [4.69, 9.17) is 9.47 Å². The molecule has 1 aliphatic heterocycles. The van der Waals surface area contributed by atoms with Crippen molar-refractivity contribution in [1.29, 1.82) is 0 Å². The highest BCUT2D eigenvalue weighted by molar-refractivity contribution is 5.95. The maximum Gasteiger partial charge on any atom is 0.258 e. The number of aryl methyl sites for hydroxylation is 1. The van der Waals surface area contributed by atoms with Crippen LogP contribution in [0.25, 0.3) is 0 Å². The summed E-state index contributed by atoms with van der Waals surface area (Å²) >= 11 is 0. The van der Waals surface area contributed by atoms with Crippen LogP contribution in [0.4, 0.5) is 5.69 Å². The number of methoxy groups -OCH3 is 1. The van der Waals surface area contributed by atoms with Crippen molar-refractivity contribution in [3.63, 3.8) is 0 Å². The number of hydrogen-bond acceptors (Lipinski definition) is 5. The van der Waals surface area contributed by atoms with Gasteiger partial charge < -0.3 is 19.7 Å². The molecule has 1 fully saturated rings. The van der Waals surface area contributed by atoms with Gasteiger partial charge in [0.2, 0.25) is 0 Å². The van der Waals surface area contributed by atoms with Gasteiger partial charge in [-0.3, -0.25) is 14.6 Å². The number of nitrogens with one attached hydrogen (secondary N) is 1. The van der Waals surface area contributed by atoms with E-state index in [-0.39, 0.29) is 17.9 Å². The van der Waals surface area contributed by atoms with Gasteiger partial charge in [-0.15, -0.1) is 0 Å². The lowest BCUT2D eigenvalue weighted by atomic mass is 10.1. The average Bonchev–Trinajstić information content (AvgIpc) is 2.88. The van der Waals surface area contributed by atoms with E-state index >= 15 is 0 Å². The largest absolute Gasteiger partial charge is 0.490 e. The van der Waals surface area contributed by atoms with Crippen molar-refractivity contribution in [2.24, 2.45) is 0 Å². The maximum absolute atomic E-state index is 12.8. The van der Waals surface area contributed by atoms with Gasteiger partial charge in [-0.25, -0.2) is 0 Å². The fourth-order valence-corrected chi connectivity index (χ4v) is 4.06. The molecule has 4 rings (SSSR count). The Morgan fingerprint density at radius 3 is 2.50 bits per heavy atom. The van der Waals surface area contributed by atoms with Gasteiger partial charge in [0.1, 0.15) is 11.9 Å². The molecular weight excluding hydrogens is 430 g/mol. The maximum atomic E-state index is 12.8. The van der Waals surface area contributed by atoms with E-state index in [1.54, 1.807) is 24.5 Å². The average molecular weight is 460 g/mol. The van der Waals surface area contributed by atoms with Gasteiger partial charge in [0.15, 0.2) is 6.10 Å². The minimum Gasteiger partial charge on any atom is -0.490 e. The molecule has 1 aromatic heterocycles. The van der Waals surface area contributed by atoms with E-state index in [2.05, 4.69) is 10.3 Å². The van der Waals surface area contributed by atoms with Crippen LogP contribution in [0.2, 0.25) is 0 Å². The molecule has 34 heavy (non-hydrogen) atoms. The zero-order valence-electron chi connectivity index (χ0n) is 19.4. The summed E-state index contributed by atoms with van der Waals surface area (Å²) < 4.78 is 11.7. The fraction of sp³-hybridized carbons (Fsp3) is 0.296. The van der Waals surface area contributed by atoms with Crippen LogP contribution in [0, 0.1) is 6.92 Å². The van der Waals surface area contributed by atoms with Crippen LogP contribution in [0.1, 0.15) is 40.4 Å². The molecule has 7 nitrogen and oxygen atoms in total. The molecule has 2 aromatic carbocycles. The van der Waals surface area contributed by atoms with Crippen LogP contribution >= 0.6 is 0 Å². The molecule has 1 atom stereocenters. The Kier molecular flexibility index (Phi) is 7.54. The first kappa shape index (κ1) is 23.4. The third kappa shape index (κ3) is 5.61. The number of aromatic nitrogens is 1. The van der Waals surface area contributed by atoms with Crippen LogP contribution in [0.3, 0.4) is 0 Å². The Labute approximate surface area is 199 Å². The lowest BCUT2D eigenvalue weighted by molar-refractivity contribution is -0.126. The summed E-state index contributed by atoms with van der Waals surface area (Å²) in [5.41, 5.74) is 3.02. The number of piperidine rings is 1. The van der Waals surface area contributed by atoms with E-state index < -0.39 is 6.10 Å². The SMILES string of the molecule is CO[C@@H](C(=O)Nc1ccc(C)c(OC2CCN(C(=O)c3cccnc3)CC2)c1)c1ccccc1. The van der Waals surface area contributed by atoms with Crippen molar-refractivity contribution in [1.82, 2.24) is 9.88 Å². The minimum absolute atomic E-state index is 0.00126. The molecule has 1 aliphatic rings. The summed E-state index contributed by atoms with van der Waals surface area (Å²) in [4.78, 5) is 31.3. The van der Waals surface area contributed by atoms with Crippen LogP contribution < -0.4 is 10.1 Å². The number of hydrogen-bond donors (Lipinski definition) is 1. The van der Waals surface area contributed by atoms with Crippen molar-refractivity contribution in [3.05, 3.63) is 89.7 Å². The van der Waals surface area contributed by atoms with E-state index in [9.17, 15) is 9.59 Å². The standard InChI is InChI=1S/C27H29N3O4/c1-19-10-11-22(29-26(31)25(33-2)20-7-4-3-5-8-20)17-24(19)34-23-12-15-30(16-13-23)27(32)21-9-6-14-28-18-21/h3-11,14,17-18,23,25H,12-13,15-16H2,1-2H3,(H,29,31)/t25-/m1/s1. The zero-order valence-corrected chi connectivity index (χ0v) is 19.4. The Hall–Kier alpha value is -3.71. The molecule has 176 valence electrons. The highest BCUT2D eigenvalue weighted by Gasteiger charge is 2.25. The molecule has 0 unspecified atom stereocenters. The highest BCUT2D eigenvalue weighted by atomic mass is 16.5. The summed E-state index contributed by atoms with van der Waals surface area (Å²) in [5, 5.41) is 2.93. The molecule has 0 radical (unpaired) electrons. The van der Waals surface area contributed by atoms with Gasteiger partial charge in [-0.2, -0.15) is 0 Å². The molecule has 3 aromatic rings. The molecular formula is C27H29N3O4. The fourth-order valence-electron chi connectivity index (χ4n) is 4.06. The predicted octanol–water partition coefficient (Wildman–Crippen LogP) is 4.40. The van der Waals surface area contributed by atoms with Gasteiger partial charge in [0.25, 0.3) is 11.8 Å². The van der Waals surface area contributed by atoms with E-state index in [0.717, 1.165) is 29.7 Å². The molecule has 1 saturated heterocycles. The number of amides is 2. The molecule has 0 saturated carbocycles. The summed E-state index contributed by atoms with van der Waals surface area (Å²) in [7, 11) is 1.52. The third-order valence-electron chi connectivity index (χ3n) is 5.96. The summed E-state index contributed by atoms with van der Waals surface area (Å²) in [6.07, 6.45) is 4.03. The number of carbonyl (C=O) groups excluding carboxylic acids is 2. The first-order valence-electron chi connectivity index (χ1n) is 11.4. The second kappa shape index (κ2) is 10.9. The number of ether oxygens (including phenoxy) is 2. The second-order valence-electron chi connectivity index (χ2n) is 8.35. The smallest absolute Gasteiger partial charge is 0.258 e. The molecule has 7 heteroatoms. The molecule has 0 aliphatic carbocycles. The van der Waals surface area contributed by atoms with Crippen molar-refractivity contribution in [2.45, 2.75) is 32.0 Å². The molecule has 0 bridgehead atoms. The third-order valence-corrected chi connectivity index (χ3v) is 5.96. The summed E-state index contributed by atoms with van der Waals surface area (Å²) in [5.74, 6) is 0.479. The van der Waals surface area contributed by atoms with Gasteiger partial charge in [-0.1, -0.05) is 36.4 Å². The molecule has 0 spiro atoms. The van der Waals surface area contributed by atoms with Crippen LogP contribution in [-0.2, 0) is 9.53 Å². The van der Waals surface area contributed by atoms with Crippen LogP contribution in [-0.4, -0.2) is 48.0 Å². The zero-order chi connectivity index (χ0) is 23.9. The number of carbonyl (C=O) groups is 2. The van der Waals surface area contributed by atoms with E-state index in [1.807, 2.05) is 60.4 Å². The summed E-state index contributed by atoms with van der Waals surface area (Å²) in [6.45, 7) is 3.23. The Balaban J connectivity index is 1.36. The van der Waals surface area contributed by atoms with Gasteiger partial charge in [0.05, 0.1) is 5.56 Å². The summed E-state index contributed by atoms with van der Waals surface area (Å²) in [6, 6.07) is 18.6. The number of rotatable bonds is 7. The van der Waals surface area contributed by atoms with Crippen molar-refractivity contribution < 1.29 is 19.1 Å². The first-order chi connectivity index (χ1) is 16.5. The highest BCUT2D eigenvalue weighted by Crippen LogP contribution is 2.28. The Morgan fingerprint density at radius 2 is 1.82 bits per heavy atom. The number of pyridine rings is 1. The lowest BCUT2D eigenvalue weighted by Gasteiger charge is -2.32. The first-order valence-corrected chi connectivity index (χ1v) is 11.4. The second-order valence-corrected chi connectivity index (χ2v) is 8.35. The van der Waals surface area contributed by atoms with Crippen molar-refractivity contribution in [3.8, 4) is 5.75 Å². The van der Waals surface area contributed by atoms with Gasteiger partial charge in [-0.05, 0) is 36.2 Å². The monoisotopic (exact) mass is 459 g/mol. The van der Waals surface area contributed by atoms with Crippen molar-refractivity contribution in [2.75, 3.05) is 25.5 Å². The minimum atomic E-state index is -0.700. The topological polar surface area (TPSA) is 80.8 Å². The quantitative estimate of drug-likeness (QED) is 0.566. The van der Waals surface area contributed by atoms with Crippen molar-refractivity contribution >= 4 is 17.5 Å². The number of nitrogens with zero attached hydrogens (tertiary/aromatic N) is 2. The Morgan fingerprint density at radius 1 is 1.06 bits per heavy atom. The predicted molar refractivity (Wildman–Crippen MR) is 130 cm³/mol. The van der Waals surface area contributed by atoms with E-state index in [0.29, 0.717) is 24.3 Å². The molecule has 2 heterocycles. The normalized spacial score (nSPS) is 14.9. The Bertz CT molecular complexity index is 1110. The number of likely N-dealkylation sites (tertiary alicyclic amines) is 1. The van der Waals surface area contributed by atoms with E-state index in [1.165, 1.54) is 7.11 Å². The molecule has 2 amide bonds.